The van der Waals surface area contributed by atoms with Crippen LogP contribution in [0.15, 0.2) is 24.4 Å². The molecule has 0 saturated carbocycles. The van der Waals surface area contributed by atoms with Gasteiger partial charge in [-0.05, 0) is 6.07 Å². The molecule has 2 rings (SSSR count). The van der Waals surface area contributed by atoms with Crippen LogP contribution in [0.5, 0.6) is 23.5 Å². The minimum atomic E-state index is -1.43. The molecule has 0 radical (unpaired) electrons. The predicted molar refractivity (Wildman–Crippen MR) is 68.7 cm³/mol. The molecular weight excluding hydrogens is 321 g/mol. The van der Waals surface area contributed by atoms with Crippen LogP contribution in [0.4, 0.5) is 0 Å². The Morgan fingerprint density at radius 2 is 1.91 bits per heavy atom. The van der Waals surface area contributed by atoms with Crippen LogP contribution in [0.1, 0.15) is 11.9 Å². The third-order valence-corrected chi connectivity index (χ3v) is 2.40. The normalized spacial score (nSPS) is 9.55. The second-order valence-electron chi connectivity index (χ2n) is 3.69. The smallest absolute Gasteiger partial charge is 1.00 e. The van der Waals surface area contributed by atoms with Gasteiger partial charge in [0, 0.05) is 6.07 Å². The number of pyridine rings is 1. The average molecular weight is 333 g/mol. The summed E-state index contributed by atoms with van der Waals surface area (Å²) in [6.45, 7) is 0. The fraction of sp³-hybridized carbons (Fsp3) is 0.167. The van der Waals surface area contributed by atoms with Gasteiger partial charge < -0.3 is 26.0 Å². The molecule has 0 aliphatic carbocycles. The summed E-state index contributed by atoms with van der Waals surface area (Å²) < 4.78 is 15.3. The van der Waals surface area contributed by atoms with E-state index in [-0.39, 0.29) is 81.1 Å². The average Bonchev–Trinajstić information content (AvgIpc) is 2.46. The molecule has 0 atom stereocenters. The van der Waals surface area contributed by atoms with Gasteiger partial charge in [-0.1, -0.05) is 0 Å². The van der Waals surface area contributed by atoms with E-state index >= 15 is 0 Å². The van der Waals surface area contributed by atoms with E-state index in [2.05, 4.69) is 9.97 Å². The van der Waals surface area contributed by atoms with E-state index in [1.165, 1.54) is 32.4 Å². The van der Waals surface area contributed by atoms with Crippen molar-refractivity contribution in [3.05, 3.63) is 35.3 Å². The summed E-state index contributed by atoms with van der Waals surface area (Å²) in [6.07, 6.45) is 1.04. The molecule has 0 aromatic carbocycles. The standard InChI is InChI=1S/C12H11N3O6.K.H/c1-19-8-6-9(20-2)14-12(13-8)21-7-4-3-5-15(18)10(7)11(16)17;;/h3-6H,1-2H3,(H,16,17);;/q;+1;-1. The molecule has 22 heavy (non-hydrogen) atoms. The molecule has 0 bridgehead atoms. The molecule has 1 N–H and O–H groups in total. The first-order valence-electron chi connectivity index (χ1n) is 5.65. The zero-order valence-electron chi connectivity index (χ0n) is 13.1. The minimum Gasteiger partial charge on any atom is -1.00 e. The number of aromatic carboxylic acids is 1. The van der Waals surface area contributed by atoms with E-state index < -0.39 is 11.7 Å². The number of hydrogen-bond donors (Lipinski definition) is 1. The molecule has 112 valence electrons. The molecule has 0 amide bonds. The number of carboxylic acids is 1. The Morgan fingerprint density at radius 1 is 1.32 bits per heavy atom. The topological polar surface area (TPSA) is 118 Å². The summed E-state index contributed by atoms with van der Waals surface area (Å²) in [5, 5.41) is 20.5. The van der Waals surface area contributed by atoms with Crippen molar-refractivity contribution in [3.63, 3.8) is 0 Å². The third-order valence-electron chi connectivity index (χ3n) is 2.40. The monoisotopic (exact) mass is 333 g/mol. The van der Waals surface area contributed by atoms with Crippen molar-refractivity contribution in [3.8, 4) is 23.5 Å². The fourth-order valence-electron chi connectivity index (χ4n) is 1.49. The maximum atomic E-state index is 11.5. The number of nitrogens with zero attached hydrogens (tertiary/aromatic N) is 3. The number of rotatable bonds is 5. The van der Waals surface area contributed by atoms with Gasteiger partial charge >= 0.3 is 69.1 Å². The summed E-state index contributed by atoms with van der Waals surface area (Å²) in [4.78, 5) is 18.9. The van der Waals surface area contributed by atoms with E-state index in [1.807, 2.05) is 0 Å². The molecule has 2 heterocycles. The molecule has 0 fully saturated rings. The number of carbonyl (C=O) groups is 1. The zero-order valence-corrected chi connectivity index (χ0v) is 15.3. The van der Waals surface area contributed by atoms with Crippen LogP contribution in [0.3, 0.4) is 0 Å². The van der Waals surface area contributed by atoms with Crippen molar-refractivity contribution >= 4 is 5.97 Å². The Balaban J connectivity index is 0.00000242. The van der Waals surface area contributed by atoms with Crippen LogP contribution in [-0.4, -0.2) is 35.3 Å². The van der Waals surface area contributed by atoms with E-state index in [0.29, 0.717) is 0 Å². The van der Waals surface area contributed by atoms with E-state index in [0.717, 1.165) is 6.20 Å². The van der Waals surface area contributed by atoms with E-state index in [4.69, 9.17) is 19.3 Å². The van der Waals surface area contributed by atoms with Crippen molar-refractivity contribution in [1.82, 2.24) is 9.97 Å². The first-order chi connectivity index (χ1) is 10.0. The molecular formula is C12H12KN3O6. The van der Waals surface area contributed by atoms with Gasteiger partial charge in [-0.3, -0.25) is 0 Å². The van der Waals surface area contributed by atoms with Crippen LogP contribution >= 0.6 is 0 Å². The van der Waals surface area contributed by atoms with Gasteiger partial charge in [0.15, 0.2) is 6.20 Å². The molecule has 2 aromatic rings. The summed E-state index contributed by atoms with van der Waals surface area (Å²) >= 11 is 0. The Morgan fingerprint density at radius 3 is 2.41 bits per heavy atom. The van der Waals surface area contributed by atoms with Gasteiger partial charge in [0.1, 0.15) is 0 Å². The Hall–Kier alpha value is -1.46. The van der Waals surface area contributed by atoms with Gasteiger partial charge in [-0.2, -0.15) is 14.7 Å². The number of aromatic nitrogens is 3. The Bertz CT molecular complexity index is 666. The van der Waals surface area contributed by atoms with Crippen molar-refractivity contribution in [2.45, 2.75) is 0 Å². The number of methoxy groups -OCH3 is 2. The Labute approximate surface area is 169 Å². The summed E-state index contributed by atoms with van der Waals surface area (Å²) in [5.74, 6) is -1.30. The third kappa shape index (κ3) is 4.27. The van der Waals surface area contributed by atoms with Crippen LogP contribution in [0.2, 0.25) is 0 Å². The van der Waals surface area contributed by atoms with E-state index in [1.54, 1.807) is 0 Å². The molecule has 0 aliphatic heterocycles. The van der Waals surface area contributed by atoms with Crippen molar-refractivity contribution in [2.75, 3.05) is 14.2 Å². The second kappa shape index (κ2) is 8.24. The number of hydrogen-bond acceptors (Lipinski definition) is 7. The molecule has 9 nitrogen and oxygen atoms in total. The number of ether oxygens (including phenoxy) is 3. The predicted octanol–water partition coefficient (Wildman–Crippen LogP) is -2.27. The summed E-state index contributed by atoms with van der Waals surface area (Å²) in [5.41, 5.74) is -0.581. The SMILES string of the molecule is COc1cc(OC)nc(Oc2ccc[n+]([O-])c2C(=O)O)n1.[H-].[K+]. The first-order valence-corrected chi connectivity index (χ1v) is 5.65. The summed E-state index contributed by atoms with van der Waals surface area (Å²) in [7, 11) is 2.78. The molecule has 0 saturated heterocycles. The quantitative estimate of drug-likeness (QED) is 0.370. The first kappa shape index (κ1) is 18.6. The maximum absolute atomic E-state index is 11.5. The largest absolute Gasteiger partial charge is 1.00 e. The summed E-state index contributed by atoms with van der Waals surface area (Å²) in [6, 6.07) is 3.86. The van der Waals surface area contributed by atoms with E-state index in [9.17, 15) is 10.0 Å². The van der Waals surface area contributed by atoms with Crippen LogP contribution in [0.25, 0.3) is 0 Å². The van der Waals surface area contributed by atoms with Gasteiger partial charge in [-0.25, -0.2) is 4.79 Å². The minimum absolute atomic E-state index is 0. The van der Waals surface area contributed by atoms with Gasteiger partial charge in [0.05, 0.1) is 20.3 Å². The van der Waals surface area contributed by atoms with Gasteiger partial charge in [0.2, 0.25) is 17.5 Å². The fourth-order valence-corrected chi connectivity index (χ4v) is 1.49. The molecule has 0 aliphatic rings. The second-order valence-corrected chi connectivity index (χ2v) is 3.69. The molecule has 10 heteroatoms. The van der Waals surface area contributed by atoms with Crippen LogP contribution in [-0.2, 0) is 0 Å². The van der Waals surface area contributed by atoms with Crippen molar-refractivity contribution < 1.29 is 81.7 Å². The molecule has 0 unspecified atom stereocenters. The molecule has 0 spiro atoms. The number of carboxylic acid groups (broad SMARTS) is 1. The van der Waals surface area contributed by atoms with Crippen LogP contribution in [0, 0.1) is 5.21 Å². The van der Waals surface area contributed by atoms with Crippen molar-refractivity contribution in [2.24, 2.45) is 0 Å². The van der Waals surface area contributed by atoms with Gasteiger partial charge in [0.25, 0.3) is 0 Å². The van der Waals surface area contributed by atoms with Crippen LogP contribution < -0.4 is 70.3 Å². The van der Waals surface area contributed by atoms with Crippen molar-refractivity contribution in [1.29, 1.82) is 0 Å². The Kier molecular flexibility index (Phi) is 6.96. The zero-order chi connectivity index (χ0) is 15.4. The maximum Gasteiger partial charge on any atom is 1.00 e. The van der Waals surface area contributed by atoms with Gasteiger partial charge in [-0.15, -0.1) is 0 Å². The molecule has 2 aromatic heterocycles.